The van der Waals surface area contributed by atoms with Gasteiger partial charge in [0, 0.05) is 6.04 Å². The summed E-state index contributed by atoms with van der Waals surface area (Å²) in [7, 11) is 0. The Bertz CT molecular complexity index is 344. The highest BCUT2D eigenvalue weighted by molar-refractivity contribution is 7.11. The molecule has 1 aliphatic heterocycles. The van der Waals surface area contributed by atoms with Crippen LogP contribution in [0.3, 0.4) is 0 Å². The summed E-state index contributed by atoms with van der Waals surface area (Å²) in [6.45, 7) is 3.85. The van der Waals surface area contributed by atoms with Crippen molar-refractivity contribution in [2.45, 2.75) is 25.8 Å². The van der Waals surface area contributed by atoms with E-state index in [2.05, 4.69) is 15.6 Å². The predicted octanol–water partition coefficient (Wildman–Crippen LogP) is 0.933. The van der Waals surface area contributed by atoms with E-state index in [1.807, 2.05) is 6.92 Å². The molecule has 1 amide bonds. The lowest BCUT2D eigenvalue weighted by atomic mass is 10.1. The topological polar surface area (TPSA) is 54.0 Å². The third-order valence-corrected chi connectivity index (χ3v) is 3.55. The molecule has 0 aromatic carbocycles. The summed E-state index contributed by atoms with van der Waals surface area (Å²) in [5.41, 5.74) is 2.54. The van der Waals surface area contributed by atoms with Crippen LogP contribution < -0.4 is 10.6 Å². The number of rotatable bonds is 2. The number of aromatic nitrogens is 1. The van der Waals surface area contributed by atoms with Crippen LogP contribution >= 0.6 is 11.3 Å². The van der Waals surface area contributed by atoms with Gasteiger partial charge in [-0.25, -0.2) is 4.98 Å². The number of nitrogens with one attached hydrogen (secondary N) is 2. The minimum atomic E-state index is 0.0295. The van der Waals surface area contributed by atoms with Crippen molar-refractivity contribution in [1.29, 1.82) is 0 Å². The molecule has 1 aromatic rings. The van der Waals surface area contributed by atoms with Crippen molar-refractivity contribution in [3.63, 3.8) is 0 Å². The van der Waals surface area contributed by atoms with Crippen LogP contribution in [0.2, 0.25) is 0 Å². The molecular weight excluding hydrogens is 210 g/mol. The fourth-order valence-electron chi connectivity index (χ4n) is 1.74. The van der Waals surface area contributed by atoms with E-state index >= 15 is 0 Å². The number of carbonyl (C=O) groups is 1. The van der Waals surface area contributed by atoms with Gasteiger partial charge in [0.15, 0.2) is 0 Å². The Morgan fingerprint density at radius 3 is 2.93 bits per heavy atom. The molecular formula is C10H15N3OS. The van der Waals surface area contributed by atoms with Gasteiger partial charge in [-0.15, -0.1) is 11.3 Å². The Morgan fingerprint density at radius 1 is 1.60 bits per heavy atom. The fraction of sp³-hybridized carbons (Fsp3) is 0.600. The number of hydrogen-bond donors (Lipinski definition) is 2. The molecule has 4 nitrogen and oxygen atoms in total. The van der Waals surface area contributed by atoms with Crippen molar-refractivity contribution in [1.82, 2.24) is 15.6 Å². The zero-order valence-electron chi connectivity index (χ0n) is 8.75. The maximum absolute atomic E-state index is 11.8. The van der Waals surface area contributed by atoms with Crippen LogP contribution in [0.1, 0.15) is 28.2 Å². The number of carbonyl (C=O) groups excluding carboxylic acids is 1. The Hall–Kier alpha value is -0.940. The average molecular weight is 225 g/mol. The molecule has 0 atom stereocenters. The van der Waals surface area contributed by atoms with Gasteiger partial charge in [-0.05, 0) is 32.9 Å². The third kappa shape index (κ3) is 2.54. The van der Waals surface area contributed by atoms with E-state index in [4.69, 9.17) is 0 Å². The quantitative estimate of drug-likeness (QED) is 0.787. The van der Waals surface area contributed by atoms with E-state index in [1.54, 1.807) is 5.51 Å². The van der Waals surface area contributed by atoms with Gasteiger partial charge >= 0.3 is 0 Å². The van der Waals surface area contributed by atoms with Gasteiger partial charge in [0.1, 0.15) is 4.88 Å². The molecule has 0 spiro atoms. The standard InChI is InChI=1S/C10H15N3OS/c1-7-9(15-6-12-7)10(14)13-8-2-4-11-5-3-8/h6,8,11H,2-5H2,1H3,(H,13,14). The van der Waals surface area contributed by atoms with Gasteiger partial charge in [-0.3, -0.25) is 4.79 Å². The molecule has 1 aliphatic rings. The van der Waals surface area contributed by atoms with E-state index in [1.165, 1.54) is 11.3 Å². The normalized spacial score (nSPS) is 17.7. The highest BCUT2D eigenvalue weighted by Gasteiger charge is 2.18. The Kier molecular flexibility index (Phi) is 3.33. The summed E-state index contributed by atoms with van der Waals surface area (Å²) in [4.78, 5) is 16.7. The maximum Gasteiger partial charge on any atom is 0.263 e. The van der Waals surface area contributed by atoms with Gasteiger partial charge < -0.3 is 10.6 Å². The summed E-state index contributed by atoms with van der Waals surface area (Å²) in [5, 5.41) is 6.33. The zero-order chi connectivity index (χ0) is 10.7. The molecule has 15 heavy (non-hydrogen) atoms. The van der Waals surface area contributed by atoms with Gasteiger partial charge in [-0.2, -0.15) is 0 Å². The molecule has 1 aromatic heterocycles. The summed E-state index contributed by atoms with van der Waals surface area (Å²) in [6, 6.07) is 0.320. The molecule has 0 unspecified atom stereocenters. The predicted molar refractivity (Wildman–Crippen MR) is 60.2 cm³/mol. The van der Waals surface area contributed by atoms with Crippen LogP contribution in [0.25, 0.3) is 0 Å². The van der Waals surface area contributed by atoms with Gasteiger partial charge in [0.2, 0.25) is 0 Å². The summed E-state index contributed by atoms with van der Waals surface area (Å²) < 4.78 is 0. The van der Waals surface area contributed by atoms with Crippen molar-refractivity contribution >= 4 is 17.2 Å². The van der Waals surface area contributed by atoms with Gasteiger partial charge in [0.25, 0.3) is 5.91 Å². The highest BCUT2D eigenvalue weighted by Crippen LogP contribution is 2.13. The number of nitrogens with zero attached hydrogens (tertiary/aromatic N) is 1. The van der Waals surface area contributed by atoms with Crippen molar-refractivity contribution in [2.24, 2.45) is 0 Å². The van der Waals surface area contributed by atoms with Crippen molar-refractivity contribution in [3.8, 4) is 0 Å². The van der Waals surface area contributed by atoms with Crippen LogP contribution in [0.5, 0.6) is 0 Å². The molecule has 2 rings (SSSR count). The Balaban J connectivity index is 1.94. The fourth-order valence-corrected chi connectivity index (χ4v) is 2.44. The molecule has 5 heteroatoms. The summed E-state index contributed by atoms with van der Waals surface area (Å²) >= 11 is 1.41. The second-order valence-corrected chi connectivity index (χ2v) is 4.62. The zero-order valence-corrected chi connectivity index (χ0v) is 9.56. The van der Waals surface area contributed by atoms with E-state index in [0.29, 0.717) is 6.04 Å². The number of hydrogen-bond acceptors (Lipinski definition) is 4. The van der Waals surface area contributed by atoms with Crippen molar-refractivity contribution < 1.29 is 4.79 Å². The molecule has 2 heterocycles. The van der Waals surface area contributed by atoms with Crippen molar-refractivity contribution in [2.75, 3.05) is 13.1 Å². The largest absolute Gasteiger partial charge is 0.348 e. The lowest BCUT2D eigenvalue weighted by molar-refractivity contribution is 0.0933. The summed E-state index contributed by atoms with van der Waals surface area (Å²) in [6.07, 6.45) is 2.03. The van der Waals surface area contributed by atoms with E-state index < -0.39 is 0 Å². The minimum absolute atomic E-state index is 0.0295. The number of piperidine rings is 1. The molecule has 0 aliphatic carbocycles. The molecule has 0 saturated carbocycles. The first-order chi connectivity index (χ1) is 7.27. The first-order valence-electron chi connectivity index (χ1n) is 5.19. The smallest absolute Gasteiger partial charge is 0.263 e. The highest BCUT2D eigenvalue weighted by atomic mass is 32.1. The van der Waals surface area contributed by atoms with Crippen molar-refractivity contribution in [3.05, 3.63) is 16.1 Å². The Labute approximate surface area is 93.1 Å². The molecule has 1 saturated heterocycles. The van der Waals surface area contributed by atoms with E-state index in [-0.39, 0.29) is 5.91 Å². The molecule has 2 N–H and O–H groups in total. The second kappa shape index (κ2) is 4.72. The van der Waals surface area contributed by atoms with Crippen LogP contribution in [0.4, 0.5) is 0 Å². The van der Waals surface area contributed by atoms with Gasteiger partial charge in [-0.1, -0.05) is 0 Å². The maximum atomic E-state index is 11.8. The molecule has 0 bridgehead atoms. The molecule has 0 radical (unpaired) electrons. The third-order valence-electron chi connectivity index (χ3n) is 2.63. The molecule has 1 fully saturated rings. The van der Waals surface area contributed by atoms with E-state index in [9.17, 15) is 4.79 Å². The van der Waals surface area contributed by atoms with Crippen LogP contribution in [0.15, 0.2) is 5.51 Å². The number of aryl methyl sites for hydroxylation is 1. The number of thiazole rings is 1. The number of amides is 1. The lowest BCUT2D eigenvalue weighted by Crippen LogP contribution is -2.42. The van der Waals surface area contributed by atoms with Crippen LogP contribution in [0, 0.1) is 6.92 Å². The first kappa shape index (κ1) is 10.6. The second-order valence-electron chi connectivity index (χ2n) is 3.76. The molecule has 82 valence electrons. The van der Waals surface area contributed by atoms with Gasteiger partial charge in [0.05, 0.1) is 11.2 Å². The lowest BCUT2D eigenvalue weighted by Gasteiger charge is -2.23. The van der Waals surface area contributed by atoms with Crippen LogP contribution in [-0.2, 0) is 0 Å². The van der Waals surface area contributed by atoms with E-state index in [0.717, 1.165) is 36.5 Å². The first-order valence-corrected chi connectivity index (χ1v) is 6.07. The SMILES string of the molecule is Cc1ncsc1C(=O)NC1CCNCC1. The average Bonchev–Trinajstić information content (AvgIpc) is 2.66. The minimum Gasteiger partial charge on any atom is -0.348 e. The Morgan fingerprint density at radius 2 is 2.33 bits per heavy atom. The van der Waals surface area contributed by atoms with Crippen LogP contribution in [-0.4, -0.2) is 30.0 Å². The summed E-state index contributed by atoms with van der Waals surface area (Å²) in [5.74, 6) is 0.0295. The monoisotopic (exact) mass is 225 g/mol.